The molecule has 0 aliphatic rings. The molecule has 0 radical (unpaired) electrons. The molecular weight excluding hydrogens is 306 g/mol. The minimum absolute atomic E-state index is 0.216. The second-order valence-electron chi connectivity index (χ2n) is 4.32. The van der Waals surface area contributed by atoms with Gasteiger partial charge >= 0.3 is 5.97 Å². The first kappa shape index (κ1) is 15.9. The van der Waals surface area contributed by atoms with Crippen molar-refractivity contribution in [1.82, 2.24) is 5.32 Å². The molecule has 2 aromatic carbocycles. The van der Waals surface area contributed by atoms with Gasteiger partial charge in [-0.1, -0.05) is 11.6 Å². The van der Waals surface area contributed by atoms with Crippen molar-refractivity contribution >= 4 is 23.5 Å². The van der Waals surface area contributed by atoms with Gasteiger partial charge in [0, 0.05) is 10.6 Å². The summed E-state index contributed by atoms with van der Waals surface area (Å²) in [7, 11) is 1.54. The number of methoxy groups -OCH3 is 1. The van der Waals surface area contributed by atoms with Gasteiger partial charge in [-0.15, -0.1) is 0 Å². The van der Waals surface area contributed by atoms with Gasteiger partial charge in [-0.3, -0.25) is 4.79 Å². The Morgan fingerprint density at radius 2 is 1.59 bits per heavy atom. The standard InChI is InChI=1S/C16H14ClNO4/c1-21-14-8-4-12(5-9-14)16(20)22-10-18-15(19)11-2-6-13(17)7-3-11/h2-9H,10H2,1H3,(H,18,19). The van der Waals surface area contributed by atoms with E-state index >= 15 is 0 Å². The summed E-state index contributed by atoms with van der Waals surface area (Å²) < 4.78 is 9.98. The molecule has 1 N–H and O–H groups in total. The lowest BCUT2D eigenvalue weighted by Gasteiger charge is -2.07. The Morgan fingerprint density at radius 1 is 1.00 bits per heavy atom. The highest BCUT2D eigenvalue weighted by Gasteiger charge is 2.09. The highest BCUT2D eigenvalue weighted by atomic mass is 35.5. The highest BCUT2D eigenvalue weighted by molar-refractivity contribution is 6.30. The lowest BCUT2D eigenvalue weighted by Crippen LogP contribution is -2.27. The van der Waals surface area contributed by atoms with Crippen LogP contribution in [0.5, 0.6) is 5.75 Å². The third-order valence-electron chi connectivity index (χ3n) is 2.87. The van der Waals surface area contributed by atoms with Crippen molar-refractivity contribution in [3.8, 4) is 5.75 Å². The Morgan fingerprint density at radius 3 is 2.18 bits per heavy atom. The van der Waals surface area contributed by atoms with E-state index in [1.165, 1.54) is 0 Å². The molecule has 0 bridgehead atoms. The summed E-state index contributed by atoms with van der Waals surface area (Å²) in [5.74, 6) is -0.231. The van der Waals surface area contributed by atoms with E-state index in [0.29, 0.717) is 21.9 Å². The fraction of sp³-hybridized carbons (Fsp3) is 0.125. The molecule has 0 heterocycles. The van der Waals surface area contributed by atoms with Gasteiger partial charge in [0.1, 0.15) is 5.75 Å². The maximum absolute atomic E-state index is 11.8. The van der Waals surface area contributed by atoms with E-state index in [2.05, 4.69) is 5.32 Å². The van der Waals surface area contributed by atoms with Crippen LogP contribution in [-0.2, 0) is 4.74 Å². The number of esters is 1. The van der Waals surface area contributed by atoms with Crippen LogP contribution in [0.15, 0.2) is 48.5 Å². The van der Waals surface area contributed by atoms with E-state index in [9.17, 15) is 9.59 Å². The monoisotopic (exact) mass is 319 g/mol. The quantitative estimate of drug-likeness (QED) is 0.680. The average Bonchev–Trinajstić information content (AvgIpc) is 2.55. The number of halogens is 1. The predicted octanol–water partition coefficient (Wildman–Crippen LogP) is 2.89. The summed E-state index contributed by atoms with van der Waals surface area (Å²) in [4.78, 5) is 23.6. The van der Waals surface area contributed by atoms with Crippen LogP contribution in [-0.4, -0.2) is 25.7 Å². The second-order valence-corrected chi connectivity index (χ2v) is 4.75. The molecule has 0 saturated heterocycles. The van der Waals surface area contributed by atoms with Crippen molar-refractivity contribution in [2.75, 3.05) is 13.8 Å². The predicted molar refractivity (Wildman–Crippen MR) is 82.2 cm³/mol. The van der Waals surface area contributed by atoms with E-state index in [4.69, 9.17) is 21.1 Å². The molecule has 2 aromatic rings. The topological polar surface area (TPSA) is 64.6 Å². The van der Waals surface area contributed by atoms with Gasteiger partial charge < -0.3 is 14.8 Å². The van der Waals surface area contributed by atoms with Crippen LogP contribution < -0.4 is 10.1 Å². The molecule has 5 nitrogen and oxygen atoms in total. The Kier molecular flexibility index (Phi) is 5.38. The second kappa shape index (κ2) is 7.47. The van der Waals surface area contributed by atoms with Crippen LogP contribution in [0.1, 0.15) is 20.7 Å². The number of rotatable bonds is 5. The summed E-state index contributed by atoms with van der Waals surface area (Å²) in [5, 5.41) is 3.04. The normalized spacial score (nSPS) is 9.91. The SMILES string of the molecule is COc1ccc(C(=O)OCNC(=O)c2ccc(Cl)cc2)cc1. The molecule has 0 aromatic heterocycles. The van der Waals surface area contributed by atoms with Crippen LogP contribution in [0, 0.1) is 0 Å². The van der Waals surface area contributed by atoms with Crippen molar-refractivity contribution in [2.45, 2.75) is 0 Å². The van der Waals surface area contributed by atoms with E-state index in [0.717, 1.165) is 0 Å². The Hall–Kier alpha value is -2.53. The summed E-state index contributed by atoms with van der Waals surface area (Å²) in [5.41, 5.74) is 0.812. The number of carbonyl (C=O) groups excluding carboxylic acids is 2. The van der Waals surface area contributed by atoms with Gasteiger partial charge in [-0.2, -0.15) is 0 Å². The molecule has 0 fully saturated rings. The van der Waals surface area contributed by atoms with Crippen molar-refractivity contribution in [3.63, 3.8) is 0 Å². The average molecular weight is 320 g/mol. The maximum Gasteiger partial charge on any atom is 0.339 e. The minimum Gasteiger partial charge on any atom is -0.497 e. The van der Waals surface area contributed by atoms with Crippen LogP contribution in [0.2, 0.25) is 5.02 Å². The van der Waals surface area contributed by atoms with Gasteiger partial charge in [-0.05, 0) is 48.5 Å². The van der Waals surface area contributed by atoms with Gasteiger partial charge in [-0.25, -0.2) is 4.79 Å². The van der Waals surface area contributed by atoms with E-state index < -0.39 is 5.97 Å². The zero-order valence-corrected chi connectivity index (χ0v) is 12.6. The lowest BCUT2D eigenvalue weighted by atomic mass is 10.2. The smallest absolute Gasteiger partial charge is 0.339 e. The van der Waals surface area contributed by atoms with E-state index in [-0.39, 0.29) is 12.6 Å². The zero-order valence-electron chi connectivity index (χ0n) is 11.8. The first-order valence-electron chi connectivity index (χ1n) is 6.45. The maximum atomic E-state index is 11.8. The molecule has 2 rings (SSSR count). The first-order chi connectivity index (χ1) is 10.6. The number of hydrogen-bond acceptors (Lipinski definition) is 4. The molecule has 22 heavy (non-hydrogen) atoms. The molecule has 114 valence electrons. The van der Waals surface area contributed by atoms with Crippen LogP contribution in [0.3, 0.4) is 0 Å². The minimum atomic E-state index is -0.529. The summed E-state index contributed by atoms with van der Waals surface area (Å²) >= 11 is 5.74. The summed E-state index contributed by atoms with van der Waals surface area (Å²) in [6, 6.07) is 12.9. The molecule has 0 aliphatic carbocycles. The Bertz CT molecular complexity index is 653. The number of hydrogen-bond donors (Lipinski definition) is 1. The van der Waals surface area contributed by atoms with E-state index in [1.54, 1.807) is 55.6 Å². The fourth-order valence-electron chi connectivity index (χ4n) is 1.68. The summed E-state index contributed by atoms with van der Waals surface area (Å²) in [6.07, 6.45) is 0. The number of carbonyl (C=O) groups is 2. The number of benzene rings is 2. The molecule has 0 spiro atoms. The van der Waals surface area contributed by atoms with Crippen LogP contribution in [0.4, 0.5) is 0 Å². The van der Waals surface area contributed by atoms with Crippen molar-refractivity contribution in [3.05, 3.63) is 64.7 Å². The van der Waals surface area contributed by atoms with Crippen molar-refractivity contribution in [1.29, 1.82) is 0 Å². The van der Waals surface area contributed by atoms with Gasteiger partial charge in [0.15, 0.2) is 6.73 Å². The van der Waals surface area contributed by atoms with E-state index in [1.807, 2.05) is 0 Å². The molecule has 0 aliphatic heterocycles. The van der Waals surface area contributed by atoms with Gasteiger partial charge in [0.05, 0.1) is 12.7 Å². The lowest BCUT2D eigenvalue weighted by molar-refractivity contribution is 0.0464. The molecular formula is C16H14ClNO4. The molecule has 1 amide bonds. The number of nitrogens with one attached hydrogen (secondary N) is 1. The number of ether oxygens (including phenoxy) is 2. The third kappa shape index (κ3) is 4.23. The highest BCUT2D eigenvalue weighted by Crippen LogP contribution is 2.12. The fourth-order valence-corrected chi connectivity index (χ4v) is 1.81. The molecule has 0 atom stereocenters. The third-order valence-corrected chi connectivity index (χ3v) is 3.12. The van der Waals surface area contributed by atoms with Crippen molar-refractivity contribution in [2.24, 2.45) is 0 Å². The largest absolute Gasteiger partial charge is 0.497 e. The van der Waals surface area contributed by atoms with Crippen molar-refractivity contribution < 1.29 is 19.1 Å². The number of amides is 1. The van der Waals surface area contributed by atoms with Gasteiger partial charge in [0.25, 0.3) is 5.91 Å². The van der Waals surface area contributed by atoms with Crippen LogP contribution in [0.25, 0.3) is 0 Å². The summed E-state index contributed by atoms with van der Waals surface area (Å²) in [6.45, 7) is -0.216. The van der Waals surface area contributed by atoms with Crippen LogP contribution >= 0.6 is 11.6 Å². The zero-order chi connectivity index (χ0) is 15.9. The Balaban J connectivity index is 1.83. The van der Waals surface area contributed by atoms with Gasteiger partial charge in [0.2, 0.25) is 0 Å². The Labute approximate surface area is 132 Å². The molecule has 0 unspecified atom stereocenters. The molecule has 6 heteroatoms. The molecule has 0 saturated carbocycles. The first-order valence-corrected chi connectivity index (χ1v) is 6.83.